The molecule has 3 N–H and O–H groups in total. The zero-order valence-corrected chi connectivity index (χ0v) is 12.6. The van der Waals surface area contributed by atoms with Crippen molar-refractivity contribution in [2.75, 3.05) is 23.9 Å². The number of anilines is 1. The summed E-state index contributed by atoms with van der Waals surface area (Å²) in [6.45, 7) is 3.96. The normalized spacial score (nSPS) is 12.2. The molecule has 1 atom stereocenters. The molecule has 1 rings (SSSR count). The Balaban J connectivity index is 2.69. The summed E-state index contributed by atoms with van der Waals surface area (Å²) in [6, 6.07) is 7.04. The fraction of sp³-hybridized carbons (Fsp3) is 0.533. The minimum Gasteiger partial charge on any atom is -0.480 e. The van der Waals surface area contributed by atoms with E-state index in [1.54, 1.807) is 0 Å². The molecule has 0 heterocycles. The van der Waals surface area contributed by atoms with Crippen LogP contribution in [0.1, 0.15) is 25.3 Å². The van der Waals surface area contributed by atoms with Gasteiger partial charge in [0.15, 0.2) is 0 Å². The van der Waals surface area contributed by atoms with E-state index in [-0.39, 0.29) is 0 Å². The van der Waals surface area contributed by atoms with Crippen molar-refractivity contribution in [2.24, 2.45) is 5.73 Å². The molecule has 0 aliphatic heterocycles. The number of halogens is 1. The largest absolute Gasteiger partial charge is 0.480 e. The van der Waals surface area contributed by atoms with E-state index in [0.29, 0.717) is 12.3 Å². The summed E-state index contributed by atoms with van der Waals surface area (Å²) in [5.74, 6) is -0.379. The second-order valence-corrected chi connectivity index (χ2v) is 5.22. The number of nitrogens with zero attached hydrogens (tertiary/aromatic N) is 1. The molecular formula is C15H23ClN2O2. The van der Waals surface area contributed by atoms with E-state index < -0.39 is 12.0 Å². The molecule has 5 heteroatoms. The van der Waals surface area contributed by atoms with Gasteiger partial charge < -0.3 is 15.7 Å². The fourth-order valence-electron chi connectivity index (χ4n) is 2.01. The third kappa shape index (κ3) is 5.39. The maximum atomic E-state index is 10.7. The van der Waals surface area contributed by atoms with Gasteiger partial charge in [-0.05, 0) is 30.5 Å². The topological polar surface area (TPSA) is 66.6 Å². The van der Waals surface area contributed by atoms with Gasteiger partial charge in [0.05, 0.1) is 0 Å². The van der Waals surface area contributed by atoms with Gasteiger partial charge in [-0.1, -0.05) is 25.5 Å². The highest BCUT2D eigenvalue weighted by Crippen LogP contribution is 2.17. The van der Waals surface area contributed by atoms with Crippen molar-refractivity contribution >= 4 is 23.3 Å². The molecule has 0 aromatic heterocycles. The zero-order valence-electron chi connectivity index (χ0n) is 11.9. The Morgan fingerprint density at radius 1 is 1.35 bits per heavy atom. The summed E-state index contributed by atoms with van der Waals surface area (Å²) >= 11 is 5.84. The summed E-state index contributed by atoms with van der Waals surface area (Å²) < 4.78 is 0. The van der Waals surface area contributed by atoms with Gasteiger partial charge in [-0.15, -0.1) is 11.6 Å². The number of carboxylic acid groups (broad SMARTS) is 1. The third-order valence-corrected chi connectivity index (χ3v) is 3.38. The molecule has 0 aliphatic carbocycles. The number of hydrogen-bond donors (Lipinski definition) is 2. The Labute approximate surface area is 125 Å². The average Bonchev–Trinajstić information content (AvgIpc) is 2.44. The first-order valence-corrected chi connectivity index (χ1v) is 7.50. The van der Waals surface area contributed by atoms with E-state index in [4.69, 9.17) is 22.4 Å². The van der Waals surface area contributed by atoms with Crippen LogP contribution in [0.25, 0.3) is 0 Å². The number of rotatable bonds is 9. The molecule has 0 spiro atoms. The van der Waals surface area contributed by atoms with Gasteiger partial charge >= 0.3 is 5.97 Å². The van der Waals surface area contributed by atoms with Crippen LogP contribution < -0.4 is 10.6 Å². The molecule has 0 saturated carbocycles. The fourth-order valence-corrected chi connectivity index (χ4v) is 2.21. The van der Waals surface area contributed by atoms with Crippen LogP contribution in [0.15, 0.2) is 24.3 Å². The van der Waals surface area contributed by atoms with E-state index in [2.05, 4.69) is 11.8 Å². The van der Waals surface area contributed by atoms with E-state index in [0.717, 1.165) is 37.2 Å². The van der Waals surface area contributed by atoms with Crippen molar-refractivity contribution in [3.8, 4) is 0 Å². The highest BCUT2D eigenvalue weighted by Gasteiger charge is 2.12. The van der Waals surface area contributed by atoms with Crippen LogP contribution >= 0.6 is 11.6 Å². The Hall–Kier alpha value is -1.26. The molecule has 112 valence electrons. The highest BCUT2D eigenvalue weighted by molar-refractivity contribution is 6.18. The van der Waals surface area contributed by atoms with Gasteiger partial charge in [0.2, 0.25) is 0 Å². The van der Waals surface area contributed by atoms with E-state index in [1.807, 2.05) is 24.3 Å². The summed E-state index contributed by atoms with van der Waals surface area (Å²) in [4.78, 5) is 13.0. The smallest absolute Gasteiger partial charge is 0.320 e. The molecule has 20 heavy (non-hydrogen) atoms. The minimum absolute atomic E-state index is 0.347. The van der Waals surface area contributed by atoms with E-state index in [1.165, 1.54) is 0 Å². The molecular weight excluding hydrogens is 276 g/mol. The number of benzene rings is 1. The minimum atomic E-state index is -0.971. The molecule has 0 fully saturated rings. The van der Waals surface area contributed by atoms with Crippen LogP contribution in [-0.2, 0) is 11.2 Å². The molecule has 0 bridgehead atoms. The van der Waals surface area contributed by atoms with Crippen molar-refractivity contribution in [2.45, 2.75) is 32.2 Å². The van der Waals surface area contributed by atoms with Crippen LogP contribution in [-0.4, -0.2) is 36.1 Å². The monoisotopic (exact) mass is 298 g/mol. The summed E-state index contributed by atoms with van der Waals surface area (Å²) in [5.41, 5.74) is 7.58. The van der Waals surface area contributed by atoms with E-state index >= 15 is 0 Å². The van der Waals surface area contributed by atoms with Gasteiger partial charge in [-0.2, -0.15) is 0 Å². The number of carboxylic acids is 1. The van der Waals surface area contributed by atoms with Crippen molar-refractivity contribution in [1.29, 1.82) is 0 Å². The Morgan fingerprint density at radius 3 is 2.50 bits per heavy atom. The molecule has 0 radical (unpaired) electrons. The van der Waals surface area contributed by atoms with Gasteiger partial charge in [-0.3, -0.25) is 4.79 Å². The lowest BCUT2D eigenvalue weighted by atomic mass is 10.1. The van der Waals surface area contributed by atoms with Crippen molar-refractivity contribution in [3.05, 3.63) is 29.8 Å². The number of alkyl halides is 1. The van der Waals surface area contributed by atoms with Crippen LogP contribution in [0.4, 0.5) is 5.69 Å². The second-order valence-electron chi connectivity index (χ2n) is 4.84. The number of unbranched alkanes of at least 4 members (excludes halogenated alkanes) is 1. The quantitative estimate of drug-likeness (QED) is 0.687. The molecule has 4 nitrogen and oxygen atoms in total. The lowest BCUT2D eigenvalue weighted by Gasteiger charge is -2.24. The van der Waals surface area contributed by atoms with Crippen LogP contribution in [0, 0.1) is 0 Å². The number of nitrogens with two attached hydrogens (primary N) is 1. The van der Waals surface area contributed by atoms with Gasteiger partial charge in [-0.25, -0.2) is 0 Å². The Kier molecular flexibility index (Phi) is 7.41. The predicted octanol–water partition coefficient (Wildman–Crippen LogP) is 2.49. The molecule has 1 unspecified atom stereocenters. The van der Waals surface area contributed by atoms with Crippen LogP contribution in [0.3, 0.4) is 0 Å². The Bertz CT molecular complexity index is 409. The van der Waals surface area contributed by atoms with E-state index in [9.17, 15) is 4.79 Å². The van der Waals surface area contributed by atoms with Crippen molar-refractivity contribution < 1.29 is 9.90 Å². The van der Waals surface area contributed by atoms with Crippen molar-refractivity contribution in [3.63, 3.8) is 0 Å². The predicted molar refractivity (Wildman–Crippen MR) is 83.6 cm³/mol. The van der Waals surface area contributed by atoms with Crippen molar-refractivity contribution in [1.82, 2.24) is 0 Å². The molecule has 0 amide bonds. The molecule has 0 aliphatic rings. The first kappa shape index (κ1) is 16.8. The third-order valence-electron chi connectivity index (χ3n) is 3.21. The lowest BCUT2D eigenvalue weighted by Crippen LogP contribution is -2.32. The molecule has 1 aromatic carbocycles. The second kappa shape index (κ2) is 8.82. The first-order valence-electron chi connectivity index (χ1n) is 6.96. The standard InChI is InChI=1S/C15H23ClN2O2/c1-2-3-9-18(10-8-16)13-6-4-12(5-7-13)11-14(17)15(19)20/h4-7,14H,2-3,8-11,17H2,1H3,(H,19,20). The Morgan fingerprint density at radius 2 is 2.00 bits per heavy atom. The number of hydrogen-bond acceptors (Lipinski definition) is 3. The van der Waals surface area contributed by atoms with Crippen LogP contribution in [0.5, 0.6) is 0 Å². The van der Waals surface area contributed by atoms with Gasteiger partial charge in [0.25, 0.3) is 0 Å². The average molecular weight is 299 g/mol. The number of carbonyl (C=O) groups is 1. The maximum Gasteiger partial charge on any atom is 0.320 e. The van der Waals surface area contributed by atoms with Gasteiger partial charge in [0, 0.05) is 24.7 Å². The maximum absolute atomic E-state index is 10.7. The molecule has 1 aromatic rings. The summed E-state index contributed by atoms with van der Waals surface area (Å²) in [7, 11) is 0. The first-order chi connectivity index (χ1) is 9.58. The zero-order chi connectivity index (χ0) is 15.0. The number of aliphatic carboxylic acids is 1. The SMILES string of the molecule is CCCCN(CCCl)c1ccc(CC(N)C(=O)O)cc1. The summed E-state index contributed by atoms with van der Waals surface area (Å²) in [5, 5.41) is 8.81. The van der Waals surface area contributed by atoms with Gasteiger partial charge in [0.1, 0.15) is 6.04 Å². The molecule has 0 saturated heterocycles. The van der Waals surface area contributed by atoms with Crippen LogP contribution in [0.2, 0.25) is 0 Å². The highest BCUT2D eigenvalue weighted by atomic mass is 35.5. The summed E-state index contributed by atoms with van der Waals surface area (Å²) in [6.07, 6.45) is 2.62. The lowest BCUT2D eigenvalue weighted by molar-refractivity contribution is -0.138.